The van der Waals surface area contributed by atoms with Crippen molar-refractivity contribution in [2.45, 2.75) is 19.4 Å². The van der Waals surface area contributed by atoms with Crippen LogP contribution in [0.3, 0.4) is 0 Å². The Morgan fingerprint density at radius 2 is 1.93 bits per heavy atom. The van der Waals surface area contributed by atoms with E-state index < -0.39 is 0 Å². The predicted molar refractivity (Wildman–Crippen MR) is 58.3 cm³/mol. The van der Waals surface area contributed by atoms with Crippen LogP contribution in [0, 0.1) is 0 Å². The first-order valence-corrected chi connectivity index (χ1v) is 4.93. The molecular weight excluding hydrogens is 176 g/mol. The van der Waals surface area contributed by atoms with Gasteiger partial charge in [-0.05, 0) is 31.0 Å². The van der Waals surface area contributed by atoms with Gasteiger partial charge in [-0.3, -0.25) is 0 Å². The third-order valence-electron chi connectivity index (χ3n) is 2.03. The molecule has 0 bridgehead atoms. The van der Waals surface area contributed by atoms with Gasteiger partial charge in [-0.15, -0.1) is 0 Å². The average molecular weight is 194 g/mol. The Labute approximate surface area is 85.0 Å². The van der Waals surface area contributed by atoms with E-state index in [9.17, 15) is 0 Å². The average Bonchev–Trinajstić information content (AvgIpc) is 2.21. The highest BCUT2D eigenvalue weighted by molar-refractivity contribution is 5.27. The van der Waals surface area contributed by atoms with Crippen LogP contribution in [0.5, 0.6) is 5.75 Å². The number of hydrogen-bond donors (Lipinski definition) is 2. The molecule has 0 fully saturated rings. The largest absolute Gasteiger partial charge is 0.494 e. The molecule has 0 heterocycles. The molecule has 0 aliphatic rings. The molecule has 1 atom stereocenters. The number of hydrogen-bond acceptors (Lipinski definition) is 3. The van der Waals surface area contributed by atoms with Gasteiger partial charge in [0.05, 0.1) is 6.61 Å². The highest BCUT2D eigenvalue weighted by atomic mass is 16.5. The van der Waals surface area contributed by atoms with Gasteiger partial charge in [-0.25, -0.2) is 0 Å². The third kappa shape index (κ3) is 3.36. The summed E-state index contributed by atoms with van der Waals surface area (Å²) in [6, 6.07) is 8.03. The second-order valence-electron chi connectivity index (χ2n) is 3.28. The second kappa shape index (κ2) is 5.62. The SMILES string of the molecule is CCOc1ccc(C[C@H](N)CN)cc1. The molecule has 0 saturated carbocycles. The minimum absolute atomic E-state index is 0.0490. The van der Waals surface area contributed by atoms with Crippen molar-refractivity contribution in [1.29, 1.82) is 0 Å². The van der Waals surface area contributed by atoms with Crippen molar-refractivity contribution in [3.8, 4) is 5.75 Å². The lowest BCUT2D eigenvalue weighted by Gasteiger charge is -2.09. The van der Waals surface area contributed by atoms with Gasteiger partial charge < -0.3 is 16.2 Å². The van der Waals surface area contributed by atoms with E-state index in [0.29, 0.717) is 13.2 Å². The van der Waals surface area contributed by atoms with Crippen molar-refractivity contribution in [1.82, 2.24) is 0 Å². The normalized spacial score (nSPS) is 12.5. The van der Waals surface area contributed by atoms with Crippen molar-refractivity contribution in [2.75, 3.05) is 13.2 Å². The van der Waals surface area contributed by atoms with Crippen molar-refractivity contribution < 1.29 is 4.74 Å². The van der Waals surface area contributed by atoms with Crippen LogP contribution in [0.4, 0.5) is 0 Å². The molecule has 1 rings (SSSR count). The predicted octanol–water partition coefficient (Wildman–Crippen LogP) is 0.914. The summed E-state index contributed by atoms with van der Waals surface area (Å²) in [6.45, 7) is 3.19. The van der Waals surface area contributed by atoms with Gasteiger partial charge in [0.25, 0.3) is 0 Å². The summed E-state index contributed by atoms with van der Waals surface area (Å²) in [6.07, 6.45) is 0.822. The Hall–Kier alpha value is -1.06. The molecule has 1 aromatic rings. The fourth-order valence-corrected chi connectivity index (χ4v) is 1.27. The molecule has 0 aliphatic heterocycles. The van der Waals surface area contributed by atoms with Gasteiger partial charge in [0.2, 0.25) is 0 Å². The summed E-state index contributed by atoms with van der Waals surface area (Å²) in [5.74, 6) is 0.901. The van der Waals surface area contributed by atoms with E-state index in [2.05, 4.69) is 0 Å². The molecule has 0 amide bonds. The van der Waals surface area contributed by atoms with Crippen LogP contribution in [0.2, 0.25) is 0 Å². The van der Waals surface area contributed by atoms with Gasteiger partial charge in [0, 0.05) is 12.6 Å². The lowest BCUT2D eigenvalue weighted by Crippen LogP contribution is -2.31. The monoisotopic (exact) mass is 194 g/mol. The summed E-state index contributed by atoms with van der Waals surface area (Å²) in [4.78, 5) is 0. The second-order valence-corrected chi connectivity index (χ2v) is 3.28. The van der Waals surface area contributed by atoms with Crippen molar-refractivity contribution in [3.63, 3.8) is 0 Å². The van der Waals surface area contributed by atoms with Gasteiger partial charge in [0.1, 0.15) is 5.75 Å². The van der Waals surface area contributed by atoms with Gasteiger partial charge in [-0.2, -0.15) is 0 Å². The molecule has 0 aromatic heterocycles. The molecule has 3 heteroatoms. The minimum Gasteiger partial charge on any atom is -0.494 e. The zero-order chi connectivity index (χ0) is 10.4. The molecule has 0 aliphatic carbocycles. The van der Waals surface area contributed by atoms with Crippen molar-refractivity contribution >= 4 is 0 Å². The molecular formula is C11H18N2O. The highest BCUT2D eigenvalue weighted by Crippen LogP contribution is 2.12. The quantitative estimate of drug-likeness (QED) is 0.732. The van der Waals surface area contributed by atoms with E-state index in [0.717, 1.165) is 12.2 Å². The summed E-state index contributed by atoms with van der Waals surface area (Å²) in [5, 5.41) is 0. The topological polar surface area (TPSA) is 61.3 Å². The number of rotatable bonds is 5. The maximum atomic E-state index is 5.75. The Kier molecular flexibility index (Phi) is 4.43. The fourth-order valence-electron chi connectivity index (χ4n) is 1.27. The molecule has 14 heavy (non-hydrogen) atoms. The lowest BCUT2D eigenvalue weighted by atomic mass is 10.1. The highest BCUT2D eigenvalue weighted by Gasteiger charge is 2.01. The number of nitrogens with two attached hydrogens (primary N) is 2. The van der Waals surface area contributed by atoms with Crippen LogP contribution >= 0.6 is 0 Å². The molecule has 3 nitrogen and oxygen atoms in total. The smallest absolute Gasteiger partial charge is 0.119 e. The van der Waals surface area contributed by atoms with E-state index in [4.69, 9.17) is 16.2 Å². The van der Waals surface area contributed by atoms with Crippen LogP contribution in [0.25, 0.3) is 0 Å². The molecule has 78 valence electrons. The van der Waals surface area contributed by atoms with E-state index >= 15 is 0 Å². The first-order valence-electron chi connectivity index (χ1n) is 4.93. The first kappa shape index (κ1) is 11.0. The van der Waals surface area contributed by atoms with Crippen LogP contribution in [0.15, 0.2) is 24.3 Å². The number of benzene rings is 1. The van der Waals surface area contributed by atoms with Crippen molar-refractivity contribution in [3.05, 3.63) is 29.8 Å². The maximum absolute atomic E-state index is 5.75. The molecule has 0 saturated heterocycles. The molecule has 0 radical (unpaired) electrons. The fraction of sp³-hybridized carbons (Fsp3) is 0.455. The van der Waals surface area contributed by atoms with E-state index in [1.54, 1.807) is 0 Å². The third-order valence-corrected chi connectivity index (χ3v) is 2.03. The van der Waals surface area contributed by atoms with Gasteiger partial charge >= 0.3 is 0 Å². The zero-order valence-corrected chi connectivity index (χ0v) is 8.57. The summed E-state index contributed by atoms with van der Waals surface area (Å²) < 4.78 is 5.34. The van der Waals surface area contributed by atoms with Crippen LogP contribution in [-0.2, 0) is 6.42 Å². The van der Waals surface area contributed by atoms with Gasteiger partial charge in [0.15, 0.2) is 0 Å². The summed E-state index contributed by atoms with van der Waals surface area (Å²) in [7, 11) is 0. The zero-order valence-electron chi connectivity index (χ0n) is 8.57. The van der Waals surface area contributed by atoms with Gasteiger partial charge in [-0.1, -0.05) is 12.1 Å². The Balaban J connectivity index is 2.54. The minimum atomic E-state index is 0.0490. The van der Waals surface area contributed by atoms with Crippen LogP contribution < -0.4 is 16.2 Å². The molecule has 4 N–H and O–H groups in total. The number of ether oxygens (including phenoxy) is 1. The van der Waals surface area contributed by atoms with Crippen LogP contribution in [0.1, 0.15) is 12.5 Å². The molecule has 0 unspecified atom stereocenters. The van der Waals surface area contributed by atoms with E-state index in [1.807, 2.05) is 31.2 Å². The van der Waals surface area contributed by atoms with E-state index in [-0.39, 0.29) is 6.04 Å². The lowest BCUT2D eigenvalue weighted by molar-refractivity contribution is 0.340. The Morgan fingerprint density at radius 1 is 1.29 bits per heavy atom. The molecule has 0 spiro atoms. The van der Waals surface area contributed by atoms with Crippen LogP contribution in [-0.4, -0.2) is 19.2 Å². The maximum Gasteiger partial charge on any atom is 0.119 e. The summed E-state index contributed by atoms with van der Waals surface area (Å²) in [5.41, 5.74) is 12.4. The van der Waals surface area contributed by atoms with Crippen molar-refractivity contribution in [2.24, 2.45) is 11.5 Å². The summed E-state index contributed by atoms with van der Waals surface area (Å²) >= 11 is 0. The Bertz CT molecular complexity index is 258. The Morgan fingerprint density at radius 3 is 2.43 bits per heavy atom. The standard InChI is InChI=1S/C11H18N2O/c1-2-14-11-5-3-9(4-6-11)7-10(13)8-12/h3-6,10H,2,7-8,12-13H2,1H3/t10-/m0/s1. The van der Waals surface area contributed by atoms with E-state index in [1.165, 1.54) is 5.56 Å². The first-order chi connectivity index (χ1) is 6.76. The molecule has 1 aromatic carbocycles.